The molecule has 3 N–H and O–H groups in total. The smallest absolute Gasteiger partial charge is 0.240 e. The largest absolute Gasteiger partial charge is 0.329 e. The van der Waals surface area contributed by atoms with Crippen LogP contribution in [0.3, 0.4) is 0 Å². The number of nitrogens with two attached hydrogens (primary N) is 1. The van der Waals surface area contributed by atoms with Crippen molar-refractivity contribution in [1.82, 2.24) is 4.72 Å². The van der Waals surface area contributed by atoms with E-state index < -0.39 is 15.8 Å². The summed E-state index contributed by atoms with van der Waals surface area (Å²) in [6, 6.07) is 3.53. The molecule has 0 saturated carbocycles. The Balaban J connectivity index is 2.93. The van der Waals surface area contributed by atoms with E-state index in [9.17, 15) is 12.8 Å². The molecule has 0 heterocycles. The average Bonchev–Trinajstić information content (AvgIpc) is 2.30. The fraction of sp³-hybridized carbons (Fsp3) is 0.538. The maximum atomic E-state index is 13.4. The van der Waals surface area contributed by atoms with E-state index in [4.69, 9.17) is 5.73 Å². The van der Waals surface area contributed by atoms with E-state index in [2.05, 4.69) is 4.72 Å². The monoisotopic (exact) mass is 288 g/mol. The topological polar surface area (TPSA) is 72.2 Å². The second-order valence-electron chi connectivity index (χ2n) is 5.09. The van der Waals surface area contributed by atoms with Crippen molar-refractivity contribution in [2.24, 2.45) is 11.7 Å². The third-order valence-electron chi connectivity index (χ3n) is 2.82. The van der Waals surface area contributed by atoms with Gasteiger partial charge in [-0.3, -0.25) is 0 Å². The van der Waals surface area contributed by atoms with E-state index in [1.807, 2.05) is 13.8 Å². The van der Waals surface area contributed by atoms with Gasteiger partial charge in [-0.25, -0.2) is 17.5 Å². The molecule has 0 aliphatic carbocycles. The molecular weight excluding hydrogens is 267 g/mol. The van der Waals surface area contributed by atoms with E-state index in [-0.39, 0.29) is 17.5 Å². The highest BCUT2D eigenvalue weighted by Crippen LogP contribution is 2.15. The Morgan fingerprint density at radius 2 is 2.00 bits per heavy atom. The lowest BCUT2D eigenvalue weighted by atomic mass is 10.1. The molecule has 0 spiro atoms. The molecule has 0 fully saturated rings. The molecule has 0 aliphatic heterocycles. The van der Waals surface area contributed by atoms with Crippen LogP contribution in [-0.2, 0) is 10.0 Å². The molecule has 19 heavy (non-hydrogen) atoms. The second-order valence-corrected chi connectivity index (χ2v) is 6.81. The molecule has 0 amide bonds. The summed E-state index contributed by atoms with van der Waals surface area (Å²) in [6.07, 6.45) is 0.643. The van der Waals surface area contributed by atoms with Gasteiger partial charge in [0.25, 0.3) is 0 Å². The number of rotatable bonds is 6. The van der Waals surface area contributed by atoms with Crippen LogP contribution in [0.2, 0.25) is 0 Å². The number of hydrogen-bond acceptors (Lipinski definition) is 3. The highest BCUT2D eigenvalue weighted by molar-refractivity contribution is 7.89. The standard InChI is InChI=1S/C13H21FN2O2S/c1-9(2)6-11(8-15)16-19(17,18)12-5-4-10(3)13(14)7-12/h4-5,7,9,11,16H,6,8,15H2,1-3H3. The summed E-state index contributed by atoms with van der Waals surface area (Å²) in [6.45, 7) is 5.78. The lowest BCUT2D eigenvalue weighted by molar-refractivity contribution is 0.465. The Morgan fingerprint density at radius 1 is 1.37 bits per heavy atom. The molecule has 0 bridgehead atoms. The number of sulfonamides is 1. The molecule has 1 unspecified atom stereocenters. The highest BCUT2D eigenvalue weighted by Gasteiger charge is 2.20. The first-order valence-electron chi connectivity index (χ1n) is 6.24. The maximum Gasteiger partial charge on any atom is 0.240 e. The number of aryl methyl sites for hydroxylation is 1. The predicted molar refractivity (Wildman–Crippen MR) is 73.8 cm³/mol. The van der Waals surface area contributed by atoms with Crippen molar-refractivity contribution in [1.29, 1.82) is 0 Å². The molecule has 108 valence electrons. The fourth-order valence-electron chi connectivity index (χ4n) is 1.79. The zero-order valence-electron chi connectivity index (χ0n) is 11.5. The first kappa shape index (κ1) is 16.1. The molecule has 0 radical (unpaired) electrons. The van der Waals surface area contributed by atoms with Crippen molar-refractivity contribution in [3.8, 4) is 0 Å². The summed E-state index contributed by atoms with van der Waals surface area (Å²) >= 11 is 0. The van der Waals surface area contributed by atoms with Crippen LogP contribution in [0, 0.1) is 18.7 Å². The van der Waals surface area contributed by atoms with Crippen molar-refractivity contribution in [2.45, 2.75) is 38.1 Å². The second kappa shape index (κ2) is 6.45. The Hall–Kier alpha value is -0.980. The van der Waals surface area contributed by atoms with Gasteiger partial charge in [0.05, 0.1) is 4.90 Å². The fourth-order valence-corrected chi connectivity index (χ4v) is 3.06. The quantitative estimate of drug-likeness (QED) is 0.838. The summed E-state index contributed by atoms with van der Waals surface area (Å²) in [7, 11) is -3.73. The SMILES string of the molecule is Cc1ccc(S(=O)(=O)NC(CN)CC(C)C)cc1F. The van der Waals surface area contributed by atoms with Crippen LogP contribution in [0.4, 0.5) is 4.39 Å². The lowest BCUT2D eigenvalue weighted by Crippen LogP contribution is -2.41. The molecule has 1 aromatic rings. The van der Waals surface area contributed by atoms with Crippen LogP contribution in [0.1, 0.15) is 25.8 Å². The molecule has 6 heteroatoms. The Morgan fingerprint density at radius 3 is 2.47 bits per heavy atom. The Kier molecular flexibility index (Phi) is 5.46. The molecule has 4 nitrogen and oxygen atoms in total. The number of hydrogen-bond donors (Lipinski definition) is 2. The van der Waals surface area contributed by atoms with Gasteiger partial charge in [-0.1, -0.05) is 19.9 Å². The van der Waals surface area contributed by atoms with Crippen molar-refractivity contribution >= 4 is 10.0 Å². The van der Waals surface area contributed by atoms with E-state index in [1.165, 1.54) is 12.1 Å². The van der Waals surface area contributed by atoms with Crippen LogP contribution in [0.5, 0.6) is 0 Å². The molecule has 1 aromatic carbocycles. The first-order valence-corrected chi connectivity index (χ1v) is 7.73. The van der Waals surface area contributed by atoms with Crippen molar-refractivity contribution < 1.29 is 12.8 Å². The minimum absolute atomic E-state index is 0.0715. The highest BCUT2D eigenvalue weighted by atomic mass is 32.2. The summed E-state index contributed by atoms with van der Waals surface area (Å²) in [5.74, 6) is -0.206. The Bertz CT molecular complexity index is 529. The van der Waals surface area contributed by atoms with Gasteiger partial charge in [0, 0.05) is 12.6 Å². The van der Waals surface area contributed by atoms with E-state index in [0.717, 1.165) is 6.07 Å². The molecule has 1 rings (SSSR count). The molecule has 0 aromatic heterocycles. The van der Waals surface area contributed by atoms with Gasteiger partial charge in [-0.15, -0.1) is 0 Å². The molecule has 1 atom stereocenters. The van der Waals surface area contributed by atoms with Crippen LogP contribution in [-0.4, -0.2) is 21.0 Å². The van der Waals surface area contributed by atoms with Crippen LogP contribution in [0.15, 0.2) is 23.1 Å². The van der Waals surface area contributed by atoms with Crippen molar-refractivity contribution in [3.63, 3.8) is 0 Å². The average molecular weight is 288 g/mol. The van der Waals surface area contributed by atoms with E-state index in [1.54, 1.807) is 6.92 Å². The van der Waals surface area contributed by atoms with E-state index in [0.29, 0.717) is 17.9 Å². The number of nitrogens with one attached hydrogen (secondary N) is 1. The van der Waals surface area contributed by atoms with Gasteiger partial charge in [0.1, 0.15) is 5.82 Å². The third kappa shape index (κ3) is 4.56. The van der Waals surface area contributed by atoms with Crippen LogP contribution >= 0.6 is 0 Å². The third-order valence-corrected chi connectivity index (χ3v) is 4.33. The first-order chi connectivity index (χ1) is 8.76. The van der Waals surface area contributed by atoms with Gasteiger partial charge in [0.2, 0.25) is 10.0 Å². The normalized spacial score (nSPS) is 13.8. The summed E-state index contributed by atoms with van der Waals surface area (Å²) < 4.78 is 40.2. The van der Waals surface area contributed by atoms with Gasteiger partial charge in [-0.2, -0.15) is 0 Å². The minimum atomic E-state index is -3.73. The van der Waals surface area contributed by atoms with Gasteiger partial charge < -0.3 is 5.73 Å². The Labute approximate surface area is 114 Å². The summed E-state index contributed by atoms with van der Waals surface area (Å²) in [5, 5.41) is 0. The van der Waals surface area contributed by atoms with Crippen LogP contribution < -0.4 is 10.5 Å². The predicted octanol–water partition coefficient (Wildman–Crippen LogP) is 1.79. The van der Waals surface area contributed by atoms with Crippen molar-refractivity contribution in [2.75, 3.05) is 6.54 Å². The lowest BCUT2D eigenvalue weighted by Gasteiger charge is -2.19. The van der Waals surface area contributed by atoms with Gasteiger partial charge >= 0.3 is 0 Å². The van der Waals surface area contributed by atoms with Crippen LogP contribution in [0.25, 0.3) is 0 Å². The zero-order chi connectivity index (χ0) is 14.6. The van der Waals surface area contributed by atoms with Crippen molar-refractivity contribution in [3.05, 3.63) is 29.6 Å². The number of benzene rings is 1. The minimum Gasteiger partial charge on any atom is -0.329 e. The number of halogens is 1. The van der Waals surface area contributed by atoms with Gasteiger partial charge in [0.15, 0.2) is 0 Å². The maximum absolute atomic E-state index is 13.4. The molecular formula is C13H21FN2O2S. The molecule has 0 saturated heterocycles. The summed E-state index contributed by atoms with van der Waals surface area (Å²) in [5.41, 5.74) is 5.97. The zero-order valence-corrected chi connectivity index (χ0v) is 12.3. The van der Waals surface area contributed by atoms with E-state index >= 15 is 0 Å². The summed E-state index contributed by atoms with van der Waals surface area (Å²) in [4.78, 5) is -0.0715. The molecule has 0 aliphatic rings. The van der Waals surface area contributed by atoms with Gasteiger partial charge in [-0.05, 0) is 37.0 Å².